The van der Waals surface area contributed by atoms with Crippen LogP contribution in [0.3, 0.4) is 0 Å². The van der Waals surface area contributed by atoms with E-state index in [1.807, 2.05) is 0 Å². The van der Waals surface area contributed by atoms with Gasteiger partial charge in [0.25, 0.3) is 5.91 Å². The number of amides is 4. The summed E-state index contributed by atoms with van der Waals surface area (Å²) < 4.78 is 10.5. The highest BCUT2D eigenvalue weighted by atomic mass is 16.5. The summed E-state index contributed by atoms with van der Waals surface area (Å²) in [5.41, 5.74) is 0.754. The van der Waals surface area contributed by atoms with Gasteiger partial charge < -0.3 is 25.0 Å². The van der Waals surface area contributed by atoms with Gasteiger partial charge in [0, 0.05) is 19.0 Å². The third-order valence-corrected chi connectivity index (χ3v) is 7.35. The number of rotatable bonds is 9. The lowest BCUT2D eigenvalue weighted by molar-refractivity contribution is -0.128. The molecule has 0 bridgehead atoms. The molecule has 3 aliphatic rings. The Morgan fingerprint density at radius 3 is 2.68 bits per heavy atom. The summed E-state index contributed by atoms with van der Waals surface area (Å²) in [6, 6.07) is 4.75. The van der Waals surface area contributed by atoms with Crippen LogP contribution < -0.4 is 20.1 Å². The summed E-state index contributed by atoms with van der Waals surface area (Å²) in [5, 5.41) is 5.80. The van der Waals surface area contributed by atoms with E-state index in [1.165, 1.54) is 50.8 Å². The molecule has 1 unspecified atom stereocenters. The number of nitrogens with zero attached hydrogens (tertiary/aromatic N) is 2. The standard InChI is InChI=1S/C25H36N4O5/c1-33-21-10-8-17(14-22(21)34-2)16-29-24(31)19(27-25(29)32)9-11-23(30)26-15-18-6-5-13-28-12-4-3-7-20(18)28/h8,10,14,18-20H,3-7,9,11-13,15-16H2,1-2H3,(H,26,30)(H,27,32)/t18-,19?,20+/m0/s1. The van der Waals surface area contributed by atoms with Crippen molar-refractivity contribution < 1.29 is 23.9 Å². The number of piperidine rings is 2. The van der Waals surface area contributed by atoms with Crippen molar-refractivity contribution in [2.75, 3.05) is 33.9 Å². The maximum absolute atomic E-state index is 12.8. The third-order valence-electron chi connectivity index (χ3n) is 7.35. The fraction of sp³-hybridized carbons (Fsp3) is 0.640. The summed E-state index contributed by atoms with van der Waals surface area (Å²) in [4.78, 5) is 41.5. The highest BCUT2D eigenvalue weighted by Crippen LogP contribution is 2.31. The van der Waals surface area contributed by atoms with Crippen LogP contribution in [0.5, 0.6) is 11.5 Å². The van der Waals surface area contributed by atoms with E-state index in [9.17, 15) is 14.4 Å². The van der Waals surface area contributed by atoms with E-state index in [4.69, 9.17) is 9.47 Å². The van der Waals surface area contributed by atoms with Crippen LogP contribution in [0.4, 0.5) is 4.79 Å². The zero-order valence-electron chi connectivity index (χ0n) is 20.2. The van der Waals surface area contributed by atoms with Crippen LogP contribution in [-0.4, -0.2) is 73.6 Å². The number of hydrogen-bond donors (Lipinski definition) is 2. The fourth-order valence-electron chi connectivity index (χ4n) is 5.51. The minimum atomic E-state index is -0.679. The van der Waals surface area contributed by atoms with Gasteiger partial charge in [0.15, 0.2) is 11.5 Å². The van der Waals surface area contributed by atoms with Gasteiger partial charge in [-0.3, -0.25) is 14.5 Å². The Kier molecular flexibility index (Phi) is 7.92. The van der Waals surface area contributed by atoms with E-state index in [0.717, 1.165) is 12.0 Å². The van der Waals surface area contributed by atoms with Crippen molar-refractivity contribution in [1.29, 1.82) is 0 Å². The molecule has 3 fully saturated rings. The van der Waals surface area contributed by atoms with Crippen LogP contribution in [0, 0.1) is 5.92 Å². The van der Waals surface area contributed by atoms with Gasteiger partial charge >= 0.3 is 6.03 Å². The smallest absolute Gasteiger partial charge is 0.325 e. The number of carbonyl (C=O) groups excluding carboxylic acids is 3. The van der Waals surface area contributed by atoms with Crippen molar-refractivity contribution in [2.45, 2.75) is 63.6 Å². The molecule has 2 N–H and O–H groups in total. The number of nitrogens with one attached hydrogen (secondary N) is 2. The SMILES string of the molecule is COc1ccc(CN2C(=O)NC(CCC(=O)NC[C@@H]3CCCN4CCCC[C@H]34)C2=O)cc1OC. The summed E-state index contributed by atoms with van der Waals surface area (Å²) in [7, 11) is 3.09. The van der Waals surface area contributed by atoms with Crippen LogP contribution in [0.2, 0.25) is 0 Å². The topological polar surface area (TPSA) is 100 Å². The molecule has 4 amide bonds. The van der Waals surface area contributed by atoms with Gasteiger partial charge in [-0.1, -0.05) is 12.5 Å². The minimum Gasteiger partial charge on any atom is -0.493 e. The van der Waals surface area contributed by atoms with Crippen molar-refractivity contribution in [3.05, 3.63) is 23.8 Å². The second kappa shape index (κ2) is 11.1. The molecule has 3 aliphatic heterocycles. The molecule has 186 valence electrons. The van der Waals surface area contributed by atoms with Gasteiger partial charge in [-0.2, -0.15) is 0 Å². The molecular weight excluding hydrogens is 436 g/mol. The predicted octanol–water partition coefficient (Wildman–Crippen LogP) is 2.29. The van der Waals surface area contributed by atoms with Crippen molar-refractivity contribution in [2.24, 2.45) is 5.92 Å². The maximum atomic E-state index is 12.8. The average Bonchev–Trinajstić information content (AvgIpc) is 3.13. The molecule has 9 nitrogen and oxygen atoms in total. The van der Waals surface area contributed by atoms with Crippen LogP contribution >= 0.6 is 0 Å². The lowest BCUT2D eigenvalue weighted by atomic mass is 9.83. The van der Waals surface area contributed by atoms with E-state index in [1.54, 1.807) is 25.3 Å². The number of fused-ring (bicyclic) bond motifs is 1. The molecule has 34 heavy (non-hydrogen) atoms. The quantitative estimate of drug-likeness (QED) is 0.535. The first-order chi connectivity index (χ1) is 16.5. The molecule has 0 aromatic heterocycles. The lowest BCUT2D eigenvalue weighted by Gasteiger charge is -2.44. The Bertz CT molecular complexity index is 905. The first-order valence-electron chi connectivity index (χ1n) is 12.3. The molecule has 0 spiro atoms. The lowest BCUT2D eigenvalue weighted by Crippen LogP contribution is -2.51. The van der Waals surface area contributed by atoms with E-state index in [-0.39, 0.29) is 24.8 Å². The summed E-state index contributed by atoms with van der Waals surface area (Å²) in [5.74, 6) is 1.25. The van der Waals surface area contributed by atoms with Gasteiger partial charge in [0.05, 0.1) is 20.8 Å². The molecule has 3 atom stereocenters. The van der Waals surface area contributed by atoms with Crippen LogP contribution in [0.25, 0.3) is 0 Å². The van der Waals surface area contributed by atoms with Crippen molar-refractivity contribution >= 4 is 17.8 Å². The van der Waals surface area contributed by atoms with Gasteiger partial charge in [0.1, 0.15) is 6.04 Å². The zero-order chi connectivity index (χ0) is 24.1. The van der Waals surface area contributed by atoms with E-state index in [0.29, 0.717) is 36.4 Å². The molecule has 1 aromatic carbocycles. The number of imide groups is 1. The maximum Gasteiger partial charge on any atom is 0.325 e. The summed E-state index contributed by atoms with van der Waals surface area (Å²) in [6.07, 6.45) is 6.62. The summed E-state index contributed by atoms with van der Waals surface area (Å²) in [6.45, 7) is 3.18. The third kappa shape index (κ3) is 5.46. The van der Waals surface area contributed by atoms with Crippen molar-refractivity contribution in [1.82, 2.24) is 20.4 Å². The number of methoxy groups -OCH3 is 2. The van der Waals surface area contributed by atoms with Crippen molar-refractivity contribution in [3.8, 4) is 11.5 Å². The highest BCUT2D eigenvalue weighted by Gasteiger charge is 2.38. The zero-order valence-corrected chi connectivity index (χ0v) is 20.2. The minimum absolute atomic E-state index is 0.0617. The molecule has 3 saturated heterocycles. The summed E-state index contributed by atoms with van der Waals surface area (Å²) >= 11 is 0. The molecule has 4 rings (SSSR count). The monoisotopic (exact) mass is 472 g/mol. The van der Waals surface area contributed by atoms with Gasteiger partial charge in [0.2, 0.25) is 5.91 Å². The fourth-order valence-corrected chi connectivity index (χ4v) is 5.51. The molecule has 0 aliphatic carbocycles. The Labute approximate surface area is 201 Å². The molecule has 0 radical (unpaired) electrons. The Balaban J connectivity index is 1.25. The van der Waals surface area contributed by atoms with Gasteiger partial charge in [-0.25, -0.2) is 4.79 Å². The molecule has 0 saturated carbocycles. The number of carbonyl (C=O) groups is 3. The van der Waals surface area contributed by atoms with Gasteiger partial charge in [-0.05, 0) is 68.8 Å². The van der Waals surface area contributed by atoms with Crippen LogP contribution in [0.1, 0.15) is 50.5 Å². The number of urea groups is 1. The highest BCUT2D eigenvalue weighted by molar-refractivity contribution is 6.04. The van der Waals surface area contributed by atoms with Crippen LogP contribution in [-0.2, 0) is 16.1 Å². The Morgan fingerprint density at radius 2 is 1.88 bits per heavy atom. The molecule has 9 heteroatoms. The second-order valence-corrected chi connectivity index (χ2v) is 9.46. The first-order valence-corrected chi connectivity index (χ1v) is 12.3. The van der Waals surface area contributed by atoms with E-state index in [2.05, 4.69) is 15.5 Å². The Hall–Kier alpha value is -2.81. The van der Waals surface area contributed by atoms with E-state index < -0.39 is 12.1 Å². The number of hydrogen-bond acceptors (Lipinski definition) is 6. The largest absolute Gasteiger partial charge is 0.493 e. The first kappa shape index (κ1) is 24.3. The van der Waals surface area contributed by atoms with Crippen molar-refractivity contribution in [3.63, 3.8) is 0 Å². The average molecular weight is 473 g/mol. The second-order valence-electron chi connectivity index (χ2n) is 9.46. The molecule has 1 aromatic rings. The Morgan fingerprint density at radius 1 is 1.09 bits per heavy atom. The van der Waals surface area contributed by atoms with Crippen LogP contribution in [0.15, 0.2) is 18.2 Å². The number of benzene rings is 1. The predicted molar refractivity (Wildman–Crippen MR) is 127 cm³/mol. The normalized spacial score (nSPS) is 25.0. The molecule has 3 heterocycles. The van der Waals surface area contributed by atoms with E-state index >= 15 is 0 Å². The molecular formula is C25H36N4O5. The van der Waals surface area contributed by atoms with Gasteiger partial charge in [-0.15, -0.1) is 0 Å². The number of ether oxygens (including phenoxy) is 2.